The number of rotatable bonds is 6. The quantitative estimate of drug-likeness (QED) is 0.786. The molecule has 0 aromatic rings. The van der Waals surface area contributed by atoms with E-state index in [0.717, 1.165) is 51.1 Å². The van der Waals surface area contributed by atoms with Crippen LogP contribution in [-0.2, 0) is 9.59 Å². The van der Waals surface area contributed by atoms with Crippen molar-refractivity contribution in [3.8, 4) is 6.07 Å². The van der Waals surface area contributed by atoms with E-state index < -0.39 is 5.54 Å². The molecule has 0 spiro atoms. The van der Waals surface area contributed by atoms with E-state index in [1.165, 1.54) is 25.7 Å². The molecular formula is C20H32N4O2. The van der Waals surface area contributed by atoms with Crippen LogP contribution in [0.5, 0.6) is 0 Å². The van der Waals surface area contributed by atoms with E-state index in [1.807, 2.05) is 4.90 Å². The molecule has 0 aromatic carbocycles. The molecule has 0 radical (unpaired) electrons. The van der Waals surface area contributed by atoms with Crippen molar-refractivity contribution in [1.82, 2.24) is 15.1 Å². The van der Waals surface area contributed by atoms with Crippen LogP contribution in [0.4, 0.5) is 0 Å². The summed E-state index contributed by atoms with van der Waals surface area (Å²) >= 11 is 0. The minimum atomic E-state index is -0.644. The third-order valence-electron chi connectivity index (χ3n) is 6.38. The second kappa shape index (κ2) is 8.85. The van der Waals surface area contributed by atoms with Crippen molar-refractivity contribution in [3.05, 3.63) is 0 Å². The summed E-state index contributed by atoms with van der Waals surface area (Å²) in [4.78, 5) is 28.7. The van der Waals surface area contributed by atoms with E-state index in [-0.39, 0.29) is 11.8 Å². The maximum absolute atomic E-state index is 12.4. The fraction of sp³-hybridized carbons (Fsp3) is 0.850. The zero-order valence-electron chi connectivity index (χ0n) is 15.8. The van der Waals surface area contributed by atoms with Gasteiger partial charge in [-0.05, 0) is 38.0 Å². The molecule has 6 heteroatoms. The lowest BCUT2D eigenvalue weighted by Gasteiger charge is -2.35. The summed E-state index contributed by atoms with van der Waals surface area (Å²) < 4.78 is 0. The zero-order valence-corrected chi connectivity index (χ0v) is 15.8. The van der Waals surface area contributed by atoms with E-state index in [9.17, 15) is 14.9 Å². The van der Waals surface area contributed by atoms with Crippen molar-refractivity contribution >= 4 is 11.8 Å². The lowest BCUT2D eigenvalue weighted by Crippen LogP contribution is -2.53. The summed E-state index contributed by atoms with van der Waals surface area (Å²) in [5.41, 5.74) is -0.644. The van der Waals surface area contributed by atoms with Crippen LogP contribution < -0.4 is 5.32 Å². The van der Waals surface area contributed by atoms with Crippen LogP contribution in [0.2, 0.25) is 0 Å². The number of piperazine rings is 1. The predicted octanol–water partition coefficient (Wildman–Crippen LogP) is 2.05. The zero-order chi connectivity index (χ0) is 18.4. The number of hydrogen-bond donors (Lipinski definition) is 1. The first-order valence-corrected chi connectivity index (χ1v) is 10.3. The smallest absolute Gasteiger partial charge is 0.235 e. The molecule has 2 aliphatic carbocycles. The normalized spacial score (nSPS) is 23.7. The van der Waals surface area contributed by atoms with Crippen LogP contribution >= 0.6 is 0 Å². The second-order valence-electron chi connectivity index (χ2n) is 8.30. The Bertz CT molecular complexity index is 537. The number of hydrogen-bond acceptors (Lipinski definition) is 4. The van der Waals surface area contributed by atoms with Gasteiger partial charge in [0.15, 0.2) is 0 Å². The van der Waals surface area contributed by atoms with Crippen molar-refractivity contribution in [3.63, 3.8) is 0 Å². The van der Waals surface area contributed by atoms with Crippen LogP contribution in [0, 0.1) is 17.2 Å². The number of nitrogens with zero attached hydrogens (tertiary/aromatic N) is 3. The second-order valence-corrected chi connectivity index (χ2v) is 8.30. The highest BCUT2D eigenvalue weighted by Crippen LogP contribution is 2.29. The number of nitriles is 1. The van der Waals surface area contributed by atoms with Crippen molar-refractivity contribution < 1.29 is 9.59 Å². The first kappa shape index (κ1) is 19.2. The minimum Gasteiger partial charge on any atom is -0.340 e. The molecule has 1 aliphatic heterocycles. The Morgan fingerprint density at radius 1 is 1.04 bits per heavy atom. The summed E-state index contributed by atoms with van der Waals surface area (Å²) in [6.45, 7) is 3.22. The fourth-order valence-corrected chi connectivity index (χ4v) is 4.69. The highest BCUT2D eigenvalue weighted by molar-refractivity contribution is 5.79. The third kappa shape index (κ3) is 4.97. The molecule has 26 heavy (non-hydrogen) atoms. The van der Waals surface area contributed by atoms with Gasteiger partial charge in [0, 0.05) is 32.6 Å². The van der Waals surface area contributed by atoms with Gasteiger partial charge in [0.2, 0.25) is 11.8 Å². The fourth-order valence-electron chi connectivity index (χ4n) is 4.69. The molecule has 3 rings (SSSR count). The summed E-state index contributed by atoms with van der Waals surface area (Å²) in [6, 6.07) is 2.30. The molecule has 0 atom stereocenters. The Morgan fingerprint density at radius 3 is 2.31 bits per heavy atom. The average molecular weight is 361 g/mol. The molecular weight excluding hydrogens is 328 g/mol. The maximum Gasteiger partial charge on any atom is 0.235 e. The Balaban J connectivity index is 1.36. The molecule has 0 aromatic heterocycles. The van der Waals surface area contributed by atoms with Gasteiger partial charge in [-0.15, -0.1) is 0 Å². The van der Waals surface area contributed by atoms with Gasteiger partial charge in [-0.25, -0.2) is 0 Å². The van der Waals surface area contributed by atoms with Crippen molar-refractivity contribution in [2.75, 3.05) is 32.7 Å². The number of amides is 2. The molecule has 1 saturated heterocycles. The van der Waals surface area contributed by atoms with Crippen molar-refractivity contribution in [2.24, 2.45) is 5.92 Å². The van der Waals surface area contributed by atoms with Gasteiger partial charge < -0.3 is 10.2 Å². The van der Waals surface area contributed by atoms with E-state index in [4.69, 9.17) is 0 Å². The molecule has 1 N–H and O–H groups in total. The summed E-state index contributed by atoms with van der Waals surface area (Å²) in [6.07, 6.45) is 10.5. The standard InChI is InChI=1S/C20H32N4O2/c21-16-20(9-3-4-10-20)22-18(25)15-23-11-13-24(14-12-23)19(26)8-7-17-5-1-2-6-17/h17H,1-15H2,(H,22,25). The largest absolute Gasteiger partial charge is 0.340 e. The average Bonchev–Trinajstić information content (AvgIpc) is 3.32. The summed E-state index contributed by atoms with van der Waals surface area (Å²) in [5, 5.41) is 12.3. The van der Waals surface area contributed by atoms with Crippen molar-refractivity contribution in [2.45, 2.75) is 69.7 Å². The van der Waals surface area contributed by atoms with Gasteiger partial charge in [0.05, 0.1) is 12.6 Å². The van der Waals surface area contributed by atoms with E-state index >= 15 is 0 Å². The van der Waals surface area contributed by atoms with Crippen LogP contribution in [0.25, 0.3) is 0 Å². The molecule has 6 nitrogen and oxygen atoms in total. The lowest BCUT2D eigenvalue weighted by molar-refractivity contribution is -0.133. The van der Waals surface area contributed by atoms with Crippen molar-refractivity contribution in [1.29, 1.82) is 5.26 Å². The topological polar surface area (TPSA) is 76.4 Å². The van der Waals surface area contributed by atoms with E-state index in [2.05, 4.69) is 16.3 Å². The Morgan fingerprint density at radius 2 is 1.69 bits per heavy atom. The van der Waals surface area contributed by atoms with E-state index in [1.54, 1.807) is 0 Å². The molecule has 2 amide bonds. The Kier molecular flexibility index (Phi) is 6.53. The summed E-state index contributed by atoms with van der Waals surface area (Å²) in [7, 11) is 0. The molecule has 0 bridgehead atoms. The molecule has 1 heterocycles. The Labute approximate surface area is 156 Å². The molecule has 0 unspecified atom stereocenters. The van der Waals surface area contributed by atoms with Gasteiger partial charge in [0.25, 0.3) is 0 Å². The van der Waals surface area contributed by atoms with Gasteiger partial charge in [-0.3, -0.25) is 14.5 Å². The number of carbonyl (C=O) groups excluding carboxylic acids is 2. The lowest BCUT2D eigenvalue weighted by atomic mass is 10.00. The number of carbonyl (C=O) groups is 2. The van der Waals surface area contributed by atoms with Gasteiger partial charge >= 0.3 is 0 Å². The Hall–Kier alpha value is -1.61. The van der Waals surface area contributed by atoms with Crippen LogP contribution in [-0.4, -0.2) is 59.9 Å². The molecule has 2 saturated carbocycles. The first-order valence-electron chi connectivity index (χ1n) is 10.3. The predicted molar refractivity (Wildman–Crippen MR) is 99.2 cm³/mol. The van der Waals surface area contributed by atoms with Gasteiger partial charge in [-0.1, -0.05) is 25.7 Å². The third-order valence-corrected chi connectivity index (χ3v) is 6.38. The van der Waals surface area contributed by atoms with Crippen LogP contribution in [0.1, 0.15) is 64.2 Å². The molecule has 3 fully saturated rings. The van der Waals surface area contributed by atoms with E-state index in [0.29, 0.717) is 26.1 Å². The van der Waals surface area contributed by atoms with Crippen LogP contribution in [0.15, 0.2) is 0 Å². The molecule has 3 aliphatic rings. The first-order chi connectivity index (χ1) is 12.6. The molecule has 144 valence electrons. The monoisotopic (exact) mass is 360 g/mol. The van der Waals surface area contributed by atoms with Gasteiger partial charge in [0.1, 0.15) is 5.54 Å². The summed E-state index contributed by atoms with van der Waals surface area (Å²) in [5.74, 6) is 0.969. The number of nitrogens with one attached hydrogen (secondary N) is 1. The van der Waals surface area contributed by atoms with Crippen LogP contribution in [0.3, 0.4) is 0 Å². The van der Waals surface area contributed by atoms with Gasteiger partial charge in [-0.2, -0.15) is 5.26 Å². The minimum absolute atomic E-state index is 0.0607. The SMILES string of the molecule is N#CC1(NC(=O)CN2CCN(C(=O)CCC3CCCC3)CC2)CCCC1. The highest BCUT2D eigenvalue weighted by Gasteiger charge is 2.35. The maximum atomic E-state index is 12.4. The highest BCUT2D eigenvalue weighted by atomic mass is 16.2.